The van der Waals surface area contributed by atoms with Gasteiger partial charge in [-0.15, -0.1) is 0 Å². The fourth-order valence-electron chi connectivity index (χ4n) is 2.44. The van der Waals surface area contributed by atoms with Crippen LogP contribution in [0.2, 0.25) is 0 Å². The van der Waals surface area contributed by atoms with Gasteiger partial charge in [0.15, 0.2) is 0 Å². The first-order valence-corrected chi connectivity index (χ1v) is 8.28. The highest BCUT2D eigenvalue weighted by Crippen LogP contribution is 2.20. The molecule has 0 aromatic heterocycles. The Balaban J connectivity index is 1.90. The molecular formula is C20H24N2O3. The molecule has 5 nitrogen and oxygen atoms in total. The summed E-state index contributed by atoms with van der Waals surface area (Å²) in [6, 6.07) is 12.8. The summed E-state index contributed by atoms with van der Waals surface area (Å²) in [4.78, 5) is 24.1. The van der Waals surface area contributed by atoms with Gasteiger partial charge in [-0.2, -0.15) is 0 Å². The lowest BCUT2D eigenvalue weighted by atomic mass is 10.1. The minimum Gasteiger partial charge on any atom is -0.491 e. The first kappa shape index (κ1) is 18.5. The number of hydrogen-bond donors (Lipinski definition) is 2. The van der Waals surface area contributed by atoms with Gasteiger partial charge in [-0.25, -0.2) is 0 Å². The number of aryl methyl sites for hydroxylation is 2. The molecule has 0 unspecified atom stereocenters. The van der Waals surface area contributed by atoms with Crippen LogP contribution in [0.1, 0.15) is 31.4 Å². The lowest BCUT2D eigenvalue weighted by molar-refractivity contribution is -0.123. The van der Waals surface area contributed by atoms with Crippen LogP contribution in [-0.2, 0) is 9.59 Å². The van der Waals surface area contributed by atoms with Crippen molar-refractivity contribution in [3.8, 4) is 5.75 Å². The largest absolute Gasteiger partial charge is 0.491 e. The number of carbonyl (C=O) groups excluding carboxylic acids is 2. The fourth-order valence-corrected chi connectivity index (χ4v) is 2.44. The molecular weight excluding hydrogens is 316 g/mol. The smallest absolute Gasteiger partial charge is 0.233 e. The Hall–Kier alpha value is -2.82. The molecule has 0 bridgehead atoms. The number of anilines is 2. The van der Waals surface area contributed by atoms with Crippen LogP contribution in [0.15, 0.2) is 42.5 Å². The predicted octanol–water partition coefficient (Wildman–Crippen LogP) is 4.06. The van der Waals surface area contributed by atoms with Gasteiger partial charge in [0.25, 0.3) is 0 Å². The third kappa shape index (κ3) is 5.64. The Morgan fingerprint density at radius 3 is 2.04 bits per heavy atom. The van der Waals surface area contributed by atoms with Crippen LogP contribution in [0, 0.1) is 13.8 Å². The lowest BCUT2D eigenvalue weighted by Crippen LogP contribution is -2.22. The molecule has 132 valence electrons. The maximum absolute atomic E-state index is 12.1. The first-order chi connectivity index (χ1) is 11.8. The van der Waals surface area contributed by atoms with Gasteiger partial charge in [-0.3, -0.25) is 9.59 Å². The average Bonchev–Trinajstić information content (AvgIpc) is 2.52. The van der Waals surface area contributed by atoms with Crippen molar-refractivity contribution in [3.05, 3.63) is 53.6 Å². The van der Waals surface area contributed by atoms with Crippen molar-refractivity contribution in [3.63, 3.8) is 0 Å². The maximum atomic E-state index is 12.1. The van der Waals surface area contributed by atoms with Crippen LogP contribution in [-0.4, -0.2) is 17.9 Å². The van der Waals surface area contributed by atoms with Crippen LogP contribution >= 0.6 is 0 Å². The number of ether oxygens (including phenoxy) is 1. The zero-order valence-electron chi connectivity index (χ0n) is 15.1. The molecule has 0 spiro atoms. The van der Waals surface area contributed by atoms with E-state index in [2.05, 4.69) is 10.6 Å². The van der Waals surface area contributed by atoms with Gasteiger partial charge in [0, 0.05) is 11.4 Å². The highest BCUT2D eigenvalue weighted by Gasteiger charge is 2.12. The molecule has 2 aromatic carbocycles. The van der Waals surface area contributed by atoms with Crippen LogP contribution in [0.4, 0.5) is 11.4 Å². The van der Waals surface area contributed by atoms with E-state index in [1.165, 1.54) is 0 Å². The molecule has 0 atom stereocenters. The minimum atomic E-state index is -0.360. The van der Waals surface area contributed by atoms with Gasteiger partial charge in [0.2, 0.25) is 11.8 Å². The average molecular weight is 340 g/mol. The molecule has 0 fully saturated rings. The molecule has 2 N–H and O–H groups in total. The number of rotatable bonds is 6. The number of carbonyl (C=O) groups is 2. The molecule has 0 aliphatic heterocycles. The number of para-hydroxylation sites is 1. The molecule has 0 aliphatic rings. The van der Waals surface area contributed by atoms with Crippen molar-refractivity contribution in [1.29, 1.82) is 0 Å². The highest BCUT2D eigenvalue weighted by molar-refractivity contribution is 6.08. The van der Waals surface area contributed by atoms with Crippen molar-refractivity contribution in [2.24, 2.45) is 0 Å². The van der Waals surface area contributed by atoms with Gasteiger partial charge in [0.05, 0.1) is 6.10 Å². The third-order valence-corrected chi connectivity index (χ3v) is 3.58. The second-order valence-corrected chi connectivity index (χ2v) is 6.23. The number of benzene rings is 2. The molecule has 5 heteroatoms. The summed E-state index contributed by atoms with van der Waals surface area (Å²) < 4.78 is 5.55. The van der Waals surface area contributed by atoms with Gasteiger partial charge in [-0.05, 0) is 63.1 Å². The van der Waals surface area contributed by atoms with E-state index in [0.717, 1.165) is 22.6 Å². The quantitative estimate of drug-likeness (QED) is 0.779. The Bertz CT molecular complexity index is 732. The minimum absolute atomic E-state index is 0.0917. The molecule has 0 saturated heterocycles. The summed E-state index contributed by atoms with van der Waals surface area (Å²) in [5.41, 5.74) is 3.32. The van der Waals surface area contributed by atoms with Crippen molar-refractivity contribution >= 4 is 23.2 Å². The summed E-state index contributed by atoms with van der Waals surface area (Å²) in [6.45, 7) is 7.74. The standard InChI is InChI=1S/C20H24N2O3/c1-13(2)25-17-10-8-16(9-11-17)21-18(23)12-19(24)22-20-14(3)6-5-7-15(20)4/h5-11,13H,12H2,1-4H3,(H,21,23)(H,22,24). The van der Waals surface area contributed by atoms with Crippen molar-refractivity contribution in [2.75, 3.05) is 10.6 Å². The van der Waals surface area contributed by atoms with E-state index in [1.54, 1.807) is 24.3 Å². The van der Waals surface area contributed by atoms with E-state index in [0.29, 0.717) is 5.69 Å². The lowest BCUT2D eigenvalue weighted by Gasteiger charge is -2.12. The maximum Gasteiger partial charge on any atom is 0.233 e. The Morgan fingerprint density at radius 2 is 1.48 bits per heavy atom. The molecule has 0 heterocycles. The van der Waals surface area contributed by atoms with Gasteiger partial charge in [-0.1, -0.05) is 18.2 Å². The summed E-state index contributed by atoms with van der Waals surface area (Å²) in [5.74, 6) is 0.0386. The van der Waals surface area contributed by atoms with Crippen LogP contribution in [0.3, 0.4) is 0 Å². The van der Waals surface area contributed by atoms with Crippen LogP contribution in [0.25, 0.3) is 0 Å². The fraction of sp³-hybridized carbons (Fsp3) is 0.300. The third-order valence-electron chi connectivity index (χ3n) is 3.58. The molecule has 2 amide bonds. The SMILES string of the molecule is Cc1cccc(C)c1NC(=O)CC(=O)Nc1ccc(OC(C)C)cc1. The Labute approximate surface area is 148 Å². The number of amides is 2. The highest BCUT2D eigenvalue weighted by atomic mass is 16.5. The zero-order valence-corrected chi connectivity index (χ0v) is 15.1. The molecule has 2 rings (SSSR count). The first-order valence-electron chi connectivity index (χ1n) is 8.28. The predicted molar refractivity (Wildman–Crippen MR) is 100.0 cm³/mol. The molecule has 2 aromatic rings. The number of hydrogen-bond acceptors (Lipinski definition) is 3. The van der Waals surface area contributed by atoms with Crippen molar-refractivity contribution in [1.82, 2.24) is 0 Å². The van der Waals surface area contributed by atoms with Gasteiger partial charge < -0.3 is 15.4 Å². The monoisotopic (exact) mass is 340 g/mol. The van der Waals surface area contributed by atoms with Gasteiger partial charge in [0.1, 0.15) is 12.2 Å². The number of nitrogens with one attached hydrogen (secondary N) is 2. The summed E-state index contributed by atoms with van der Waals surface area (Å²) in [6.07, 6.45) is -0.146. The normalized spacial score (nSPS) is 10.4. The molecule has 0 saturated carbocycles. The zero-order chi connectivity index (χ0) is 18.4. The van der Waals surface area contributed by atoms with E-state index in [9.17, 15) is 9.59 Å². The van der Waals surface area contributed by atoms with Crippen molar-refractivity contribution < 1.29 is 14.3 Å². The van der Waals surface area contributed by atoms with Crippen LogP contribution in [0.5, 0.6) is 5.75 Å². The Kier molecular flexibility index (Phi) is 6.17. The second-order valence-electron chi connectivity index (χ2n) is 6.23. The van der Waals surface area contributed by atoms with E-state index in [-0.39, 0.29) is 24.3 Å². The molecule has 25 heavy (non-hydrogen) atoms. The van der Waals surface area contributed by atoms with Crippen molar-refractivity contribution in [2.45, 2.75) is 40.2 Å². The summed E-state index contributed by atoms with van der Waals surface area (Å²) in [7, 11) is 0. The summed E-state index contributed by atoms with van der Waals surface area (Å²) in [5, 5.41) is 5.52. The van der Waals surface area contributed by atoms with Gasteiger partial charge >= 0.3 is 0 Å². The van der Waals surface area contributed by atoms with E-state index in [4.69, 9.17) is 4.74 Å². The molecule has 0 aliphatic carbocycles. The Morgan fingerprint density at radius 1 is 0.920 bits per heavy atom. The van der Waals surface area contributed by atoms with E-state index >= 15 is 0 Å². The second kappa shape index (κ2) is 8.33. The van der Waals surface area contributed by atoms with Crippen LogP contribution < -0.4 is 15.4 Å². The molecule has 0 radical (unpaired) electrons. The van der Waals surface area contributed by atoms with E-state index in [1.807, 2.05) is 45.9 Å². The topological polar surface area (TPSA) is 67.4 Å². The van der Waals surface area contributed by atoms with E-state index < -0.39 is 0 Å². The summed E-state index contributed by atoms with van der Waals surface area (Å²) >= 11 is 0.